The summed E-state index contributed by atoms with van der Waals surface area (Å²) in [7, 11) is 0. The maximum atomic E-state index is 14.9. The number of thioether (sulfide) groups is 1. The van der Waals surface area contributed by atoms with E-state index in [0.717, 1.165) is 43.9 Å². The Labute approximate surface area is 173 Å². The zero-order valence-corrected chi connectivity index (χ0v) is 17.1. The van der Waals surface area contributed by atoms with Gasteiger partial charge in [-0.1, -0.05) is 6.42 Å². The molecule has 2 saturated heterocycles. The van der Waals surface area contributed by atoms with Gasteiger partial charge in [0, 0.05) is 49.1 Å². The normalized spacial score (nSPS) is 26.3. The number of anilines is 2. The summed E-state index contributed by atoms with van der Waals surface area (Å²) < 4.78 is 26.4. The fourth-order valence-corrected chi connectivity index (χ4v) is 5.46. The molecule has 156 valence electrons. The fourth-order valence-electron chi connectivity index (χ4n) is 4.55. The van der Waals surface area contributed by atoms with Crippen LogP contribution in [0, 0.1) is 11.7 Å². The fraction of sp³-hybridized carbons (Fsp3) is 0.619. The Balaban J connectivity index is 1.33. The summed E-state index contributed by atoms with van der Waals surface area (Å²) in [5.41, 5.74) is 0.949. The molecule has 0 unspecified atom stereocenters. The molecule has 0 radical (unpaired) electrons. The Bertz CT molecular complexity index is 825. The maximum absolute atomic E-state index is 14.9. The molecule has 0 aromatic heterocycles. The lowest BCUT2D eigenvalue weighted by molar-refractivity contribution is -0.125. The first kappa shape index (κ1) is 19.0. The van der Waals surface area contributed by atoms with Crippen LogP contribution in [-0.4, -0.2) is 55.2 Å². The number of ether oxygens (including phenoxy) is 2. The summed E-state index contributed by atoms with van der Waals surface area (Å²) in [6.45, 7) is 1.89. The summed E-state index contributed by atoms with van der Waals surface area (Å²) >= 11 is 1.87. The number of hydrogen-bond acceptors (Lipinski definition) is 6. The van der Waals surface area contributed by atoms with Gasteiger partial charge in [0.1, 0.15) is 36.1 Å². The zero-order valence-electron chi connectivity index (χ0n) is 16.3. The van der Waals surface area contributed by atoms with Crippen LogP contribution in [0.1, 0.15) is 32.1 Å². The van der Waals surface area contributed by atoms with E-state index in [1.165, 1.54) is 11.0 Å². The number of Topliss-reactive ketones (excluding diaryl/α,β-unsaturated/α-hetero) is 1. The van der Waals surface area contributed by atoms with Gasteiger partial charge < -0.3 is 14.4 Å². The van der Waals surface area contributed by atoms with E-state index in [2.05, 4.69) is 0 Å². The lowest BCUT2D eigenvalue weighted by atomic mass is 9.80. The van der Waals surface area contributed by atoms with E-state index in [4.69, 9.17) is 9.47 Å². The van der Waals surface area contributed by atoms with Gasteiger partial charge in [-0.25, -0.2) is 9.18 Å². The molecule has 0 spiro atoms. The van der Waals surface area contributed by atoms with Gasteiger partial charge in [-0.05, 0) is 19.3 Å². The monoisotopic (exact) mass is 420 g/mol. The highest BCUT2D eigenvalue weighted by Crippen LogP contribution is 2.43. The summed E-state index contributed by atoms with van der Waals surface area (Å²) in [5.74, 6) is 2.55. The lowest BCUT2D eigenvalue weighted by Gasteiger charge is -2.34. The molecule has 6 nitrogen and oxygen atoms in total. The van der Waals surface area contributed by atoms with Crippen molar-refractivity contribution in [1.82, 2.24) is 0 Å². The standard InChI is InChI=1S/C21H25FN2O4S/c22-14-10-16-20(11-15(14)23-6-8-29-9-7-23)27-12-17-19(28-21(26)24(16)17)5-4-18(25)13-2-1-3-13/h10-11,13,17,19H,1-9,12H2/t17-,19-/m0/s1. The molecule has 1 aromatic carbocycles. The summed E-state index contributed by atoms with van der Waals surface area (Å²) in [6.07, 6.45) is 3.11. The molecule has 2 atom stereocenters. The molecule has 5 rings (SSSR count). The highest BCUT2D eigenvalue weighted by molar-refractivity contribution is 7.99. The van der Waals surface area contributed by atoms with Crippen molar-refractivity contribution in [1.29, 1.82) is 0 Å². The van der Waals surface area contributed by atoms with E-state index in [0.29, 0.717) is 36.6 Å². The average molecular weight is 421 g/mol. The number of cyclic esters (lactones) is 1. The van der Waals surface area contributed by atoms with Gasteiger partial charge in [-0.15, -0.1) is 0 Å². The molecule has 29 heavy (non-hydrogen) atoms. The van der Waals surface area contributed by atoms with E-state index in [1.807, 2.05) is 16.7 Å². The lowest BCUT2D eigenvalue weighted by Crippen LogP contribution is -2.45. The van der Waals surface area contributed by atoms with Crippen molar-refractivity contribution in [2.45, 2.75) is 44.2 Å². The van der Waals surface area contributed by atoms with Crippen LogP contribution in [0.15, 0.2) is 12.1 Å². The van der Waals surface area contributed by atoms with Gasteiger partial charge in [-0.3, -0.25) is 9.69 Å². The van der Waals surface area contributed by atoms with Crippen molar-refractivity contribution >= 4 is 35.0 Å². The minimum absolute atomic E-state index is 0.187. The van der Waals surface area contributed by atoms with Gasteiger partial charge in [-0.2, -0.15) is 11.8 Å². The number of rotatable bonds is 5. The third kappa shape index (κ3) is 3.45. The van der Waals surface area contributed by atoms with E-state index >= 15 is 0 Å². The Hall–Kier alpha value is -1.96. The predicted octanol–water partition coefficient (Wildman–Crippen LogP) is 3.61. The molecule has 4 aliphatic rings. The minimum Gasteiger partial charge on any atom is -0.489 e. The van der Waals surface area contributed by atoms with E-state index in [-0.39, 0.29) is 23.6 Å². The molecule has 0 N–H and O–H groups in total. The molecule has 3 aliphatic heterocycles. The second-order valence-corrected chi connectivity index (χ2v) is 9.40. The highest BCUT2D eigenvalue weighted by atomic mass is 32.2. The second-order valence-electron chi connectivity index (χ2n) is 8.17. The highest BCUT2D eigenvalue weighted by Gasteiger charge is 2.47. The maximum Gasteiger partial charge on any atom is 0.415 e. The van der Waals surface area contributed by atoms with E-state index in [9.17, 15) is 14.0 Å². The number of carbonyl (C=O) groups is 2. The first-order valence-corrected chi connectivity index (χ1v) is 11.6. The number of fused-ring (bicyclic) bond motifs is 3. The van der Waals surface area contributed by atoms with Crippen molar-refractivity contribution < 1.29 is 23.5 Å². The van der Waals surface area contributed by atoms with Crippen LogP contribution in [0.5, 0.6) is 5.75 Å². The van der Waals surface area contributed by atoms with Crippen LogP contribution in [0.25, 0.3) is 0 Å². The number of amides is 1. The molecule has 1 amide bonds. The van der Waals surface area contributed by atoms with Crippen LogP contribution < -0.4 is 14.5 Å². The van der Waals surface area contributed by atoms with Crippen LogP contribution in [-0.2, 0) is 9.53 Å². The van der Waals surface area contributed by atoms with Gasteiger partial charge in [0.05, 0.1) is 11.4 Å². The van der Waals surface area contributed by atoms with Crippen molar-refractivity contribution in [3.63, 3.8) is 0 Å². The SMILES string of the molecule is O=C(CC[C@@H]1OC(=O)N2c3cc(F)c(N4CCSCC4)cc3OC[C@@H]12)C1CCC1. The number of hydrogen-bond donors (Lipinski definition) is 0. The topological polar surface area (TPSA) is 59.1 Å². The average Bonchev–Trinajstić information content (AvgIpc) is 3.01. The Morgan fingerprint density at radius 3 is 2.72 bits per heavy atom. The third-order valence-electron chi connectivity index (χ3n) is 6.49. The van der Waals surface area contributed by atoms with Crippen molar-refractivity contribution in [2.75, 3.05) is 41.0 Å². The molecular formula is C21H25FN2O4S. The molecule has 1 saturated carbocycles. The predicted molar refractivity (Wildman–Crippen MR) is 110 cm³/mol. The Morgan fingerprint density at radius 1 is 1.21 bits per heavy atom. The summed E-state index contributed by atoms with van der Waals surface area (Å²) in [4.78, 5) is 28.3. The van der Waals surface area contributed by atoms with E-state index < -0.39 is 12.2 Å². The Kier molecular flexibility index (Phi) is 5.05. The largest absolute Gasteiger partial charge is 0.489 e. The smallest absolute Gasteiger partial charge is 0.415 e. The third-order valence-corrected chi connectivity index (χ3v) is 7.44. The first-order chi connectivity index (χ1) is 14.1. The Morgan fingerprint density at radius 2 is 2.00 bits per heavy atom. The van der Waals surface area contributed by atoms with E-state index in [1.54, 1.807) is 6.07 Å². The number of nitrogens with zero attached hydrogens (tertiary/aromatic N) is 2. The number of ketones is 1. The van der Waals surface area contributed by atoms with Crippen LogP contribution in [0.2, 0.25) is 0 Å². The van der Waals surface area contributed by atoms with Crippen molar-refractivity contribution in [3.05, 3.63) is 17.9 Å². The second kappa shape index (κ2) is 7.70. The van der Waals surface area contributed by atoms with Gasteiger partial charge >= 0.3 is 6.09 Å². The number of halogens is 1. The van der Waals surface area contributed by atoms with Gasteiger partial charge in [0.2, 0.25) is 0 Å². The first-order valence-electron chi connectivity index (χ1n) is 10.4. The molecule has 1 aromatic rings. The van der Waals surface area contributed by atoms with Gasteiger partial charge in [0.25, 0.3) is 0 Å². The van der Waals surface area contributed by atoms with Crippen molar-refractivity contribution in [2.24, 2.45) is 5.92 Å². The number of carbonyl (C=O) groups excluding carboxylic acids is 2. The molecule has 8 heteroatoms. The quantitative estimate of drug-likeness (QED) is 0.725. The van der Waals surface area contributed by atoms with Gasteiger partial charge in [0.15, 0.2) is 0 Å². The molecule has 3 fully saturated rings. The minimum atomic E-state index is -0.484. The van der Waals surface area contributed by atoms with Crippen LogP contribution in [0.3, 0.4) is 0 Å². The molecule has 0 bridgehead atoms. The molecular weight excluding hydrogens is 395 g/mol. The summed E-state index contributed by atoms with van der Waals surface area (Å²) in [6, 6.07) is 2.78. The molecule has 3 heterocycles. The van der Waals surface area contributed by atoms with Crippen molar-refractivity contribution in [3.8, 4) is 5.75 Å². The summed E-state index contributed by atoms with van der Waals surface area (Å²) in [5, 5.41) is 0. The van der Waals surface area contributed by atoms with Crippen LogP contribution in [0.4, 0.5) is 20.6 Å². The number of benzene rings is 1. The molecule has 1 aliphatic carbocycles. The van der Waals surface area contributed by atoms with Crippen LogP contribution >= 0.6 is 11.8 Å². The zero-order chi connectivity index (χ0) is 20.0.